The SMILES string of the molecule is Cc1ccc(SCCN2CCN(C3CCCC3)CC2)cc1C. The first-order valence-electron chi connectivity index (χ1n) is 8.89. The maximum absolute atomic E-state index is 2.75. The number of piperazine rings is 1. The Labute approximate surface area is 140 Å². The average Bonchev–Trinajstić information content (AvgIpc) is 3.06. The summed E-state index contributed by atoms with van der Waals surface area (Å²) in [5, 5.41) is 0. The summed E-state index contributed by atoms with van der Waals surface area (Å²) in [5.74, 6) is 1.21. The van der Waals surface area contributed by atoms with Crippen LogP contribution in [0.3, 0.4) is 0 Å². The molecule has 1 aromatic carbocycles. The summed E-state index contributed by atoms with van der Waals surface area (Å²) in [6.45, 7) is 10.7. The molecule has 1 saturated carbocycles. The van der Waals surface area contributed by atoms with Gasteiger partial charge in [0, 0.05) is 49.4 Å². The molecule has 1 aliphatic heterocycles. The molecule has 1 aliphatic carbocycles. The quantitative estimate of drug-likeness (QED) is 0.759. The fraction of sp³-hybridized carbons (Fsp3) is 0.684. The molecule has 0 unspecified atom stereocenters. The van der Waals surface area contributed by atoms with E-state index in [9.17, 15) is 0 Å². The molecule has 2 fully saturated rings. The van der Waals surface area contributed by atoms with E-state index >= 15 is 0 Å². The van der Waals surface area contributed by atoms with Crippen LogP contribution in [0.1, 0.15) is 36.8 Å². The summed E-state index contributed by atoms with van der Waals surface area (Å²) >= 11 is 2.01. The Morgan fingerprint density at radius 2 is 1.73 bits per heavy atom. The normalized spacial score (nSPS) is 21.5. The van der Waals surface area contributed by atoms with Crippen molar-refractivity contribution in [2.24, 2.45) is 0 Å². The van der Waals surface area contributed by atoms with Gasteiger partial charge in [-0.2, -0.15) is 0 Å². The van der Waals surface area contributed by atoms with Crippen molar-refractivity contribution in [3.05, 3.63) is 29.3 Å². The lowest BCUT2D eigenvalue weighted by atomic mass is 10.1. The van der Waals surface area contributed by atoms with Gasteiger partial charge in [-0.05, 0) is 49.9 Å². The zero-order valence-corrected chi connectivity index (χ0v) is 15.0. The molecule has 0 aromatic heterocycles. The number of hydrogen-bond donors (Lipinski definition) is 0. The van der Waals surface area contributed by atoms with Crippen LogP contribution in [0, 0.1) is 13.8 Å². The van der Waals surface area contributed by atoms with Crippen LogP contribution in [0.4, 0.5) is 0 Å². The molecule has 3 heteroatoms. The van der Waals surface area contributed by atoms with Gasteiger partial charge in [-0.3, -0.25) is 9.80 Å². The van der Waals surface area contributed by atoms with E-state index in [0.29, 0.717) is 0 Å². The first-order valence-corrected chi connectivity index (χ1v) is 9.87. The molecule has 1 heterocycles. The zero-order valence-electron chi connectivity index (χ0n) is 14.2. The lowest BCUT2D eigenvalue weighted by Crippen LogP contribution is -2.50. The maximum atomic E-state index is 2.75. The van der Waals surface area contributed by atoms with Crippen molar-refractivity contribution in [2.45, 2.75) is 50.5 Å². The highest BCUT2D eigenvalue weighted by Gasteiger charge is 2.25. The van der Waals surface area contributed by atoms with E-state index in [1.54, 1.807) is 0 Å². The molecule has 22 heavy (non-hydrogen) atoms. The van der Waals surface area contributed by atoms with Gasteiger partial charge >= 0.3 is 0 Å². The lowest BCUT2D eigenvalue weighted by Gasteiger charge is -2.38. The molecular weight excluding hydrogens is 288 g/mol. The third kappa shape index (κ3) is 4.27. The van der Waals surface area contributed by atoms with Gasteiger partial charge in [0.05, 0.1) is 0 Å². The Kier molecular flexibility index (Phi) is 5.83. The van der Waals surface area contributed by atoms with Crippen LogP contribution in [0.25, 0.3) is 0 Å². The fourth-order valence-electron chi connectivity index (χ4n) is 3.72. The third-order valence-corrected chi connectivity index (χ3v) is 6.38. The first kappa shape index (κ1) is 16.4. The predicted octanol–water partition coefficient (Wildman–Crippen LogP) is 3.96. The maximum Gasteiger partial charge on any atom is 0.0113 e. The van der Waals surface area contributed by atoms with Crippen molar-refractivity contribution < 1.29 is 0 Å². The highest BCUT2D eigenvalue weighted by atomic mass is 32.2. The van der Waals surface area contributed by atoms with E-state index in [4.69, 9.17) is 0 Å². The number of benzene rings is 1. The summed E-state index contributed by atoms with van der Waals surface area (Å²) in [6.07, 6.45) is 5.81. The van der Waals surface area contributed by atoms with Crippen LogP contribution in [-0.4, -0.2) is 54.3 Å². The molecule has 0 atom stereocenters. The van der Waals surface area contributed by atoms with Gasteiger partial charge in [-0.25, -0.2) is 0 Å². The molecule has 1 aromatic rings. The van der Waals surface area contributed by atoms with Gasteiger partial charge in [-0.1, -0.05) is 18.9 Å². The second-order valence-corrected chi connectivity index (χ2v) is 8.08. The number of rotatable bonds is 5. The summed E-state index contributed by atoms with van der Waals surface area (Å²) in [6, 6.07) is 7.76. The zero-order chi connectivity index (χ0) is 15.4. The van der Waals surface area contributed by atoms with Crippen LogP contribution in [0.2, 0.25) is 0 Å². The molecule has 3 rings (SSSR count). The Balaban J connectivity index is 1.37. The number of hydrogen-bond acceptors (Lipinski definition) is 3. The highest BCUT2D eigenvalue weighted by molar-refractivity contribution is 7.99. The molecule has 2 nitrogen and oxygen atoms in total. The summed E-state index contributed by atoms with van der Waals surface area (Å²) in [5.41, 5.74) is 2.81. The Bertz CT molecular complexity index is 474. The minimum absolute atomic E-state index is 0.909. The topological polar surface area (TPSA) is 6.48 Å². The van der Waals surface area contributed by atoms with Crippen LogP contribution in [0.5, 0.6) is 0 Å². The largest absolute Gasteiger partial charge is 0.300 e. The molecular formula is C19H30N2S. The van der Waals surface area contributed by atoms with E-state index < -0.39 is 0 Å². The summed E-state index contributed by atoms with van der Waals surface area (Å²) in [4.78, 5) is 6.83. The number of nitrogens with zero attached hydrogens (tertiary/aromatic N) is 2. The average molecular weight is 319 g/mol. The first-order chi connectivity index (χ1) is 10.7. The fourth-order valence-corrected chi connectivity index (χ4v) is 4.73. The van der Waals surface area contributed by atoms with E-state index in [0.717, 1.165) is 6.04 Å². The van der Waals surface area contributed by atoms with Crippen LogP contribution < -0.4 is 0 Å². The Morgan fingerprint density at radius 1 is 1.00 bits per heavy atom. The lowest BCUT2D eigenvalue weighted by molar-refractivity contribution is 0.102. The minimum atomic E-state index is 0.909. The van der Waals surface area contributed by atoms with Crippen molar-refractivity contribution >= 4 is 11.8 Å². The van der Waals surface area contributed by atoms with Crippen LogP contribution in [0.15, 0.2) is 23.1 Å². The summed E-state index contributed by atoms with van der Waals surface area (Å²) in [7, 11) is 0. The second-order valence-electron chi connectivity index (χ2n) is 6.91. The molecule has 122 valence electrons. The number of aryl methyl sites for hydroxylation is 2. The van der Waals surface area contributed by atoms with E-state index in [1.807, 2.05) is 11.8 Å². The molecule has 0 radical (unpaired) electrons. The monoisotopic (exact) mass is 318 g/mol. The van der Waals surface area contributed by atoms with E-state index in [-0.39, 0.29) is 0 Å². The van der Waals surface area contributed by atoms with Crippen molar-refractivity contribution in [1.82, 2.24) is 9.80 Å². The van der Waals surface area contributed by atoms with Gasteiger partial charge in [0.2, 0.25) is 0 Å². The van der Waals surface area contributed by atoms with Gasteiger partial charge in [0.15, 0.2) is 0 Å². The van der Waals surface area contributed by atoms with Gasteiger partial charge < -0.3 is 0 Å². The smallest absolute Gasteiger partial charge is 0.0113 e. The summed E-state index contributed by atoms with van der Waals surface area (Å²) < 4.78 is 0. The molecule has 0 amide bonds. The molecule has 0 spiro atoms. The van der Waals surface area contributed by atoms with Crippen molar-refractivity contribution in [3.8, 4) is 0 Å². The Morgan fingerprint density at radius 3 is 2.41 bits per heavy atom. The van der Waals surface area contributed by atoms with Crippen LogP contribution in [-0.2, 0) is 0 Å². The minimum Gasteiger partial charge on any atom is -0.300 e. The third-order valence-electron chi connectivity index (χ3n) is 5.40. The van der Waals surface area contributed by atoms with Crippen molar-refractivity contribution in [2.75, 3.05) is 38.5 Å². The van der Waals surface area contributed by atoms with Crippen LogP contribution >= 0.6 is 11.8 Å². The second kappa shape index (κ2) is 7.85. The van der Waals surface area contributed by atoms with E-state index in [2.05, 4.69) is 41.8 Å². The molecule has 0 bridgehead atoms. The highest BCUT2D eigenvalue weighted by Crippen LogP contribution is 2.25. The predicted molar refractivity (Wildman–Crippen MR) is 96.9 cm³/mol. The van der Waals surface area contributed by atoms with Gasteiger partial charge in [-0.15, -0.1) is 11.8 Å². The Hall–Kier alpha value is -0.510. The molecule has 0 N–H and O–H groups in total. The molecule has 1 saturated heterocycles. The van der Waals surface area contributed by atoms with Crippen molar-refractivity contribution in [3.63, 3.8) is 0 Å². The van der Waals surface area contributed by atoms with Gasteiger partial charge in [0.1, 0.15) is 0 Å². The van der Waals surface area contributed by atoms with E-state index in [1.165, 1.54) is 80.2 Å². The molecule has 2 aliphatic rings. The van der Waals surface area contributed by atoms with Crippen molar-refractivity contribution in [1.29, 1.82) is 0 Å². The number of thioether (sulfide) groups is 1. The standard InChI is InChI=1S/C19H30N2S/c1-16-7-8-19(15-17(16)2)22-14-13-20-9-11-21(12-10-20)18-5-3-4-6-18/h7-8,15,18H,3-6,9-14H2,1-2H3. The van der Waals surface area contributed by atoms with Gasteiger partial charge in [0.25, 0.3) is 0 Å².